The first-order valence-electron chi connectivity index (χ1n) is 9.54. The molecule has 0 aliphatic carbocycles. The fourth-order valence-corrected chi connectivity index (χ4v) is 3.72. The van der Waals surface area contributed by atoms with Crippen LogP contribution in [0.3, 0.4) is 0 Å². The molecule has 0 saturated carbocycles. The molecular weight excluding hydrogens is 421 g/mol. The molecule has 4 aromatic rings. The average Bonchev–Trinajstić information content (AvgIpc) is 2.78. The Balaban J connectivity index is 1.74. The summed E-state index contributed by atoms with van der Waals surface area (Å²) in [4.78, 5) is 14.3. The Hall–Kier alpha value is -3.13. The molecule has 0 aliphatic heterocycles. The molecule has 2 aromatic heterocycles. The summed E-state index contributed by atoms with van der Waals surface area (Å²) in [5.41, 5.74) is 0.811. The van der Waals surface area contributed by atoms with E-state index in [1.807, 2.05) is 35.2 Å². The predicted molar refractivity (Wildman–Crippen MR) is 116 cm³/mol. The van der Waals surface area contributed by atoms with Crippen LogP contribution in [0, 0.1) is 0 Å². The van der Waals surface area contributed by atoms with Gasteiger partial charge in [0, 0.05) is 28.9 Å². The lowest BCUT2D eigenvalue weighted by atomic mass is 10.1. The lowest BCUT2D eigenvalue weighted by Crippen LogP contribution is -2.12. The van der Waals surface area contributed by atoms with E-state index in [4.69, 9.17) is 0 Å². The molecule has 0 atom stereocenters. The van der Waals surface area contributed by atoms with Gasteiger partial charge >= 0.3 is 6.18 Å². The smallest absolute Gasteiger partial charge is 0.340 e. The molecular formula is C23H19F3N4S. The van der Waals surface area contributed by atoms with Crippen LogP contribution in [0.1, 0.15) is 17.0 Å². The zero-order chi connectivity index (χ0) is 21.8. The number of nitrogens with zero attached hydrogens (tertiary/aromatic N) is 4. The Morgan fingerprint density at radius 2 is 1.81 bits per heavy atom. The number of alkyl halides is 3. The van der Waals surface area contributed by atoms with Crippen LogP contribution in [0.2, 0.25) is 0 Å². The zero-order valence-electron chi connectivity index (χ0n) is 16.7. The number of benzene rings is 2. The van der Waals surface area contributed by atoms with Crippen molar-refractivity contribution in [3.8, 4) is 0 Å². The molecule has 2 aromatic carbocycles. The Morgan fingerprint density at radius 1 is 1.00 bits per heavy atom. The van der Waals surface area contributed by atoms with Gasteiger partial charge in [-0.3, -0.25) is 4.99 Å². The summed E-state index contributed by atoms with van der Waals surface area (Å²) in [5.74, 6) is 0.692. The number of thioether (sulfide) groups is 1. The number of hydrogen-bond donors (Lipinski definition) is 0. The molecule has 4 nitrogen and oxygen atoms in total. The summed E-state index contributed by atoms with van der Waals surface area (Å²) >= 11 is 1.64. The fraction of sp³-hybridized carbons (Fsp3) is 0.174. The molecule has 8 heteroatoms. The van der Waals surface area contributed by atoms with Crippen molar-refractivity contribution in [1.29, 1.82) is 0 Å². The SMILES string of the molecule is CSc1ccc2c(=NCc3cccc(C(F)(F)F)c3)ccn(Cc3ncccn3)c2c1. The lowest BCUT2D eigenvalue weighted by Gasteiger charge is -2.12. The highest BCUT2D eigenvalue weighted by Crippen LogP contribution is 2.29. The van der Waals surface area contributed by atoms with Gasteiger partial charge in [-0.1, -0.05) is 12.1 Å². The fourth-order valence-electron chi connectivity index (χ4n) is 3.29. The maximum Gasteiger partial charge on any atom is 0.416 e. The van der Waals surface area contributed by atoms with Crippen molar-refractivity contribution >= 4 is 22.7 Å². The van der Waals surface area contributed by atoms with Crippen molar-refractivity contribution in [2.75, 3.05) is 6.26 Å². The molecule has 31 heavy (non-hydrogen) atoms. The van der Waals surface area contributed by atoms with E-state index in [9.17, 15) is 13.2 Å². The second-order valence-corrected chi connectivity index (χ2v) is 7.77. The van der Waals surface area contributed by atoms with Crippen molar-refractivity contribution in [3.63, 3.8) is 0 Å². The second-order valence-electron chi connectivity index (χ2n) is 6.89. The summed E-state index contributed by atoms with van der Waals surface area (Å²) in [7, 11) is 0. The molecule has 0 fully saturated rings. The van der Waals surface area contributed by atoms with Gasteiger partial charge < -0.3 is 4.57 Å². The molecule has 0 radical (unpaired) electrons. The summed E-state index contributed by atoms with van der Waals surface area (Å²) in [6.07, 6.45) is 2.96. The van der Waals surface area contributed by atoms with Gasteiger partial charge in [0.1, 0.15) is 5.82 Å². The highest BCUT2D eigenvalue weighted by Gasteiger charge is 2.30. The van der Waals surface area contributed by atoms with Gasteiger partial charge in [-0.2, -0.15) is 13.2 Å². The van der Waals surface area contributed by atoms with E-state index >= 15 is 0 Å². The summed E-state index contributed by atoms with van der Waals surface area (Å²) in [6, 6.07) is 15.0. The number of halogens is 3. The summed E-state index contributed by atoms with van der Waals surface area (Å²) in [6.45, 7) is 0.665. The Kier molecular flexibility index (Phi) is 6.08. The van der Waals surface area contributed by atoms with Gasteiger partial charge in [-0.15, -0.1) is 11.8 Å². The van der Waals surface area contributed by atoms with Gasteiger partial charge in [0.25, 0.3) is 0 Å². The first-order chi connectivity index (χ1) is 14.9. The van der Waals surface area contributed by atoms with Crippen LogP contribution in [-0.4, -0.2) is 20.8 Å². The van der Waals surface area contributed by atoms with Crippen molar-refractivity contribution in [2.24, 2.45) is 4.99 Å². The van der Waals surface area contributed by atoms with Crippen molar-refractivity contribution < 1.29 is 13.2 Å². The molecule has 0 saturated heterocycles. The number of aromatic nitrogens is 3. The van der Waals surface area contributed by atoms with Crippen LogP contribution in [0.15, 0.2) is 83.1 Å². The van der Waals surface area contributed by atoms with Gasteiger partial charge in [0.15, 0.2) is 0 Å². The number of fused-ring (bicyclic) bond motifs is 1. The van der Waals surface area contributed by atoms with E-state index in [1.165, 1.54) is 6.07 Å². The van der Waals surface area contributed by atoms with Crippen LogP contribution < -0.4 is 5.36 Å². The van der Waals surface area contributed by atoms with Crippen LogP contribution >= 0.6 is 11.8 Å². The standard InChI is InChI=1S/C23H19F3N4S/c1-31-18-6-7-19-20(29-14-16-4-2-5-17(12-16)23(24,25)26)8-11-30(21(19)13-18)15-22-27-9-3-10-28-22/h2-13H,14-15H2,1H3. The third kappa shape index (κ3) is 4.96. The normalized spacial score (nSPS) is 12.5. The molecule has 0 N–H and O–H groups in total. The first kappa shape index (κ1) is 21.1. The van der Waals surface area contributed by atoms with Crippen molar-refractivity contribution in [1.82, 2.24) is 14.5 Å². The second kappa shape index (κ2) is 8.93. The van der Waals surface area contributed by atoms with Gasteiger partial charge in [0.05, 0.1) is 29.5 Å². The highest BCUT2D eigenvalue weighted by atomic mass is 32.2. The molecule has 0 amide bonds. The minimum atomic E-state index is -4.37. The van der Waals surface area contributed by atoms with Crippen molar-refractivity contribution in [2.45, 2.75) is 24.2 Å². The lowest BCUT2D eigenvalue weighted by molar-refractivity contribution is -0.137. The average molecular weight is 440 g/mol. The molecule has 4 rings (SSSR count). The monoisotopic (exact) mass is 440 g/mol. The predicted octanol–water partition coefficient (Wildman–Crippen LogP) is 5.32. The highest BCUT2D eigenvalue weighted by molar-refractivity contribution is 7.98. The Labute approximate surface area is 181 Å². The van der Waals surface area contributed by atoms with E-state index in [0.717, 1.165) is 33.3 Å². The maximum absolute atomic E-state index is 13.0. The molecule has 0 unspecified atom stereocenters. The molecule has 0 spiro atoms. The van der Waals surface area contributed by atoms with Gasteiger partial charge in [-0.05, 0) is 54.3 Å². The quantitative estimate of drug-likeness (QED) is 0.395. The van der Waals surface area contributed by atoms with E-state index < -0.39 is 11.7 Å². The van der Waals surface area contributed by atoms with E-state index in [0.29, 0.717) is 17.9 Å². The topological polar surface area (TPSA) is 43.1 Å². The molecule has 2 heterocycles. The van der Waals surface area contributed by atoms with E-state index in [1.54, 1.807) is 36.3 Å². The van der Waals surface area contributed by atoms with Gasteiger partial charge in [-0.25, -0.2) is 9.97 Å². The molecule has 0 aliphatic rings. The van der Waals surface area contributed by atoms with Gasteiger partial charge in [0.2, 0.25) is 0 Å². The van der Waals surface area contributed by atoms with E-state index in [-0.39, 0.29) is 6.54 Å². The Morgan fingerprint density at radius 3 is 2.55 bits per heavy atom. The summed E-state index contributed by atoms with van der Waals surface area (Å²) in [5, 5.41) is 1.65. The summed E-state index contributed by atoms with van der Waals surface area (Å²) < 4.78 is 41.0. The van der Waals surface area contributed by atoms with E-state index in [2.05, 4.69) is 21.0 Å². The largest absolute Gasteiger partial charge is 0.416 e. The maximum atomic E-state index is 13.0. The minimum Gasteiger partial charge on any atom is -0.340 e. The first-order valence-corrected chi connectivity index (χ1v) is 10.8. The minimum absolute atomic E-state index is 0.162. The number of rotatable bonds is 5. The number of hydrogen-bond acceptors (Lipinski definition) is 4. The van der Waals surface area contributed by atoms with Crippen LogP contribution in [-0.2, 0) is 19.3 Å². The third-order valence-corrected chi connectivity index (χ3v) is 5.55. The van der Waals surface area contributed by atoms with Crippen LogP contribution in [0.25, 0.3) is 10.9 Å². The number of pyridine rings is 1. The molecule has 158 valence electrons. The Bertz CT molecular complexity index is 1270. The van der Waals surface area contributed by atoms with Crippen molar-refractivity contribution in [3.05, 3.63) is 95.5 Å². The van der Waals surface area contributed by atoms with Crippen LogP contribution in [0.5, 0.6) is 0 Å². The zero-order valence-corrected chi connectivity index (χ0v) is 17.5. The van der Waals surface area contributed by atoms with Crippen LogP contribution in [0.4, 0.5) is 13.2 Å². The molecule has 0 bridgehead atoms. The third-order valence-electron chi connectivity index (χ3n) is 4.82.